The van der Waals surface area contributed by atoms with Crippen LogP contribution in [0.4, 0.5) is 17.1 Å². The third kappa shape index (κ3) is 4.58. The van der Waals surface area contributed by atoms with Gasteiger partial charge in [-0.25, -0.2) is 0 Å². The summed E-state index contributed by atoms with van der Waals surface area (Å²) in [7, 11) is 2.11. The largest absolute Gasteiger partial charge is 0.369 e. The lowest BCUT2D eigenvalue weighted by molar-refractivity contribution is -0.385. The molecule has 0 aromatic heterocycles. The molecule has 0 radical (unpaired) electrons. The van der Waals surface area contributed by atoms with Crippen molar-refractivity contribution in [2.24, 2.45) is 0 Å². The molecule has 2 aromatic carbocycles. The van der Waals surface area contributed by atoms with Gasteiger partial charge in [-0.1, -0.05) is 0 Å². The van der Waals surface area contributed by atoms with Crippen LogP contribution >= 0.6 is 11.8 Å². The van der Waals surface area contributed by atoms with Crippen molar-refractivity contribution in [1.29, 1.82) is 0 Å². The average molecular weight is 386 g/mol. The van der Waals surface area contributed by atoms with Crippen molar-refractivity contribution in [3.63, 3.8) is 0 Å². The SMILES string of the molecule is CSc1ccc([N+](=O)[O-])c(C(=O)Nc2ccc(N3CCN(C)CC3)cc2)c1. The molecule has 1 heterocycles. The van der Waals surface area contributed by atoms with Crippen molar-refractivity contribution in [3.05, 3.63) is 58.1 Å². The van der Waals surface area contributed by atoms with Crippen molar-refractivity contribution in [1.82, 2.24) is 4.90 Å². The van der Waals surface area contributed by atoms with Gasteiger partial charge in [0.15, 0.2) is 0 Å². The number of hydrogen-bond donors (Lipinski definition) is 1. The number of carbonyl (C=O) groups is 1. The topological polar surface area (TPSA) is 78.7 Å². The maximum Gasteiger partial charge on any atom is 0.282 e. The Kier molecular flexibility index (Phi) is 5.98. The van der Waals surface area contributed by atoms with Gasteiger partial charge in [-0.2, -0.15) is 0 Å². The number of carbonyl (C=O) groups excluding carboxylic acids is 1. The highest BCUT2D eigenvalue weighted by Gasteiger charge is 2.21. The standard InChI is InChI=1S/C19H22N4O3S/c1-21-9-11-22(12-10-21)15-5-3-14(4-6-15)20-19(24)17-13-16(27-2)7-8-18(17)23(25)26/h3-8,13H,9-12H2,1-2H3,(H,20,24). The van der Waals surface area contributed by atoms with Crippen molar-refractivity contribution in [2.75, 3.05) is 49.7 Å². The normalized spacial score (nSPS) is 14.8. The molecule has 0 spiro atoms. The summed E-state index contributed by atoms with van der Waals surface area (Å²) >= 11 is 1.43. The zero-order chi connectivity index (χ0) is 19.4. The summed E-state index contributed by atoms with van der Waals surface area (Å²) in [5.74, 6) is -0.482. The Balaban J connectivity index is 1.74. The summed E-state index contributed by atoms with van der Waals surface area (Å²) in [5.41, 5.74) is 1.59. The third-order valence-electron chi connectivity index (χ3n) is 4.64. The van der Waals surface area contributed by atoms with E-state index in [1.54, 1.807) is 12.1 Å². The van der Waals surface area contributed by atoms with E-state index in [9.17, 15) is 14.9 Å². The number of hydrogen-bond acceptors (Lipinski definition) is 6. The predicted octanol–water partition coefficient (Wildman–Crippen LogP) is 3.32. The minimum atomic E-state index is -0.532. The Morgan fingerprint density at radius 3 is 2.37 bits per heavy atom. The summed E-state index contributed by atoms with van der Waals surface area (Å²) in [6.45, 7) is 3.98. The molecule has 1 aliphatic rings. The number of thioether (sulfide) groups is 1. The molecule has 0 bridgehead atoms. The number of nitrogens with zero attached hydrogens (tertiary/aromatic N) is 3. The van der Waals surface area contributed by atoms with E-state index < -0.39 is 10.8 Å². The number of nitrogens with one attached hydrogen (secondary N) is 1. The van der Waals surface area contributed by atoms with Crippen molar-refractivity contribution in [3.8, 4) is 0 Å². The summed E-state index contributed by atoms with van der Waals surface area (Å²) in [5, 5.41) is 14.0. The lowest BCUT2D eigenvalue weighted by atomic mass is 10.1. The van der Waals surface area contributed by atoms with Crippen LogP contribution in [0.5, 0.6) is 0 Å². The molecule has 7 nitrogen and oxygen atoms in total. The number of benzene rings is 2. The molecule has 1 amide bonds. The highest BCUT2D eigenvalue weighted by atomic mass is 32.2. The average Bonchev–Trinajstić information content (AvgIpc) is 2.68. The molecule has 27 heavy (non-hydrogen) atoms. The van der Waals surface area contributed by atoms with Gasteiger partial charge in [0.1, 0.15) is 5.56 Å². The number of likely N-dealkylation sites (N-methyl/N-ethyl adjacent to an activating group) is 1. The first-order valence-electron chi connectivity index (χ1n) is 8.65. The highest BCUT2D eigenvalue weighted by molar-refractivity contribution is 7.98. The summed E-state index contributed by atoms with van der Waals surface area (Å²) in [4.78, 5) is 28.7. The van der Waals surface area contributed by atoms with Gasteiger partial charge in [0.25, 0.3) is 11.6 Å². The van der Waals surface area contributed by atoms with Crippen LogP contribution in [0.15, 0.2) is 47.4 Å². The second kappa shape index (κ2) is 8.41. The molecule has 0 saturated carbocycles. The van der Waals surface area contributed by atoms with Crippen molar-refractivity contribution in [2.45, 2.75) is 4.90 Å². The first-order chi connectivity index (χ1) is 13.0. The Morgan fingerprint density at radius 1 is 1.11 bits per heavy atom. The van der Waals surface area contributed by atoms with Gasteiger partial charge in [0.2, 0.25) is 0 Å². The van der Waals surface area contributed by atoms with Gasteiger partial charge in [-0.15, -0.1) is 11.8 Å². The quantitative estimate of drug-likeness (QED) is 0.482. The number of amides is 1. The number of nitro groups is 1. The van der Waals surface area contributed by atoms with Crippen LogP contribution in [0.2, 0.25) is 0 Å². The fourth-order valence-corrected chi connectivity index (χ4v) is 3.44. The minimum absolute atomic E-state index is 0.0648. The van der Waals surface area contributed by atoms with E-state index in [-0.39, 0.29) is 11.3 Å². The fourth-order valence-electron chi connectivity index (χ4n) is 3.00. The number of nitro benzene ring substituents is 1. The molecular weight excluding hydrogens is 364 g/mol. The van der Waals surface area contributed by atoms with Gasteiger partial charge in [0.05, 0.1) is 4.92 Å². The van der Waals surface area contributed by atoms with Crippen LogP contribution in [-0.4, -0.2) is 55.2 Å². The van der Waals surface area contributed by atoms with Gasteiger partial charge < -0.3 is 15.1 Å². The summed E-state index contributed by atoms with van der Waals surface area (Å²) in [6, 6.07) is 12.2. The number of piperazine rings is 1. The van der Waals surface area contributed by atoms with Crippen LogP contribution in [0.25, 0.3) is 0 Å². The van der Waals surface area contributed by atoms with Gasteiger partial charge in [-0.3, -0.25) is 14.9 Å². The molecule has 8 heteroatoms. The minimum Gasteiger partial charge on any atom is -0.369 e. The van der Waals surface area contributed by atoms with Gasteiger partial charge in [0, 0.05) is 48.5 Å². The fraction of sp³-hybridized carbons (Fsp3) is 0.316. The van der Waals surface area contributed by atoms with Crippen LogP contribution in [0.3, 0.4) is 0 Å². The van der Waals surface area contributed by atoms with E-state index in [1.807, 2.05) is 30.5 Å². The van der Waals surface area contributed by atoms with E-state index in [0.29, 0.717) is 5.69 Å². The molecule has 0 unspecified atom stereocenters. The molecule has 1 aliphatic heterocycles. The van der Waals surface area contributed by atoms with Crippen LogP contribution in [0, 0.1) is 10.1 Å². The summed E-state index contributed by atoms with van der Waals surface area (Å²) < 4.78 is 0. The Bertz CT molecular complexity index is 833. The monoisotopic (exact) mass is 386 g/mol. The van der Waals surface area contributed by atoms with Crippen molar-refractivity contribution < 1.29 is 9.72 Å². The maximum absolute atomic E-state index is 12.6. The predicted molar refractivity (Wildman–Crippen MR) is 109 cm³/mol. The van der Waals surface area contributed by atoms with E-state index >= 15 is 0 Å². The van der Waals surface area contributed by atoms with Crippen LogP contribution in [-0.2, 0) is 0 Å². The van der Waals surface area contributed by atoms with E-state index in [0.717, 1.165) is 36.8 Å². The van der Waals surface area contributed by atoms with Crippen molar-refractivity contribution >= 4 is 34.7 Å². The zero-order valence-corrected chi connectivity index (χ0v) is 16.2. The molecule has 1 N–H and O–H groups in total. The second-order valence-electron chi connectivity index (χ2n) is 6.43. The maximum atomic E-state index is 12.6. The lowest BCUT2D eigenvalue weighted by Crippen LogP contribution is -2.44. The first kappa shape index (κ1) is 19.2. The first-order valence-corrected chi connectivity index (χ1v) is 9.88. The third-order valence-corrected chi connectivity index (χ3v) is 5.36. The highest BCUT2D eigenvalue weighted by Crippen LogP contribution is 2.26. The van der Waals surface area contributed by atoms with Crippen LogP contribution < -0.4 is 10.2 Å². The second-order valence-corrected chi connectivity index (χ2v) is 7.31. The van der Waals surface area contributed by atoms with E-state index in [1.165, 1.54) is 17.8 Å². The van der Waals surface area contributed by atoms with Crippen LogP contribution in [0.1, 0.15) is 10.4 Å². The molecule has 1 saturated heterocycles. The Labute approximate surface area is 162 Å². The van der Waals surface area contributed by atoms with Gasteiger partial charge >= 0.3 is 0 Å². The smallest absolute Gasteiger partial charge is 0.282 e. The molecule has 0 aliphatic carbocycles. The van der Waals surface area contributed by atoms with E-state index in [4.69, 9.17) is 0 Å². The summed E-state index contributed by atoms with van der Waals surface area (Å²) in [6.07, 6.45) is 1.86. The zero-order valence-electron chi connectivity index (χ0n) is 15.3. The molecule has 0 atom stereocenters. The molecule has 3 rings (SSSR count). The molecular formula is C19H22N4O3S. The number of rotatable bonds is 5. The lowest BCUT2D eigenvalue weighted by Gasteiger charge is -2.34. The number of anilines is 2. The molecule has 2 aromatic rings. The Hall–Kier alpha value is -2.58. The van der Waals surface area contributed by atoms with Gasteiger partial charge in [-0.05, 0) is 49.7 Å². The van der Waals surface area contributed by atoms with E-state index in [2.05, 4.69) is 22.2 Å². The Morgan fingerprint density at radius 2 is 1.78 bits per heavy atom. The molecule has 1 fully saturated rings. The molecule has 142 valence electrons.